The van der Waals surface area contributed by atoms with Gasteiger partial charge in [-0.25, -0.2) is 13.1 Å². The van der Waals surface area contributed by atoms with Gasteiger partial charge in [0.15, 0.2) is 0 Å². The lowest BCUT2D eigenvalue weighted by Crippen LogP contribution is -2.24. The molecule has 0 radical (unpaired) electrons. The van der Waals surface area contributed by atoms with Crippen LogP contribution >= 0.6 is 0 Å². The number of aliphatic hydroxyl groups is 1. The second-order valence-corrected chi connectivity index (χ2v) is 5.47. The van der Waals surface area contributed by atoms with Crippen LogP contribution in [-0.2, 0) is 10.0 Å². The van der Waals surface area contributed by atoms with Crippen LogP contribution in [0, 0.1) is 11.8 Å². The van der Waals surface area contributed by atoms with Gasteiger partial charge in [0.05, 0.1) is 11.5 Å². The van der Waals surface area contributed by atoms with Crippen molar-refractivity contribution in [2.24, 2.45) is 0 Å². The summed E-state index contributed by atoms with van der Waals surface area (Å²) in [5, 5.41) is 8.62. The van der Waals surface area contributed by atoms with Crippen molar-refractivity contribution in [3.05, 3.63) is 29.8 Å². The minimum atomic E-state index is -3.44. The van der Waals surface area contributed by atoms with Gasteiger partial charge in [-0.05, 0) is 24.6 Å². The van der Waals surface area contributed by atoms with E-state index in [0.29, 0.717) is 18.5 Å². The first-order valence-corrected chi connectivity index (χ1v) is 7.28. The molecule has 0 spiro atoms. The Morgan fingerprint density at radius 2 is 2.17 bits per heavy atom. The lowest BCUT2D eigenvalue weighted by atomic mass is 10.2. The molecule has 0 bridgehead atoms. The Bertz CT molecular complexity index is 541. The molecule has 1 rings (SSSR count). The summed E-state index contributed by atoms with van der Waals surface area (Å²) < 4.78 is 26.3. The van der Waals surface area contributed by atoms with E-state index in [-0.39, 0.29) is 11.5 Å². The van der Waals surface area contributed by atoms with Gasteiger partial charge in [-0.2, -0.15) is 0 Å². The molecule has 0 fully saturated rings. The number of hydrogen-bond donors (Lipinski definition) is 2. The van der Waals surface area contributed by atoms with E-state index in [0.717, 1.165) is 6.42 Å². The molecule has 0 saturated carbocycles. The number of hydrogen-bond acceptors (Lipinski definition) is 3. The fourth-order valence-electron chi connectivity index (χ4n) is 1.28. The zero-order valence-corrected chi connectivity index (χ0v) is 11.1. The molecule has 0 saturated heterocycles. The number of aliphatic hydroxyl groups excluding tert-OH is 1. The first kappa shape index (κ1) is 14.7. The fraction of sp³-hybridized carbons (Fsp3) is 0.385. The molecular weight excluding hydrogens is 250 g/mol. The molecule has 0 unspecified atom stereocenters. The molecule has 1 aromatic rings. The van der Waals surface area contributed by atoms with E-state index in [1.54, 1.807) is 12.1 Å². The smallest absolute Gasteiger partial charge is 0.240 e. The monoisotopic (exact) mass is 267 g/mol. The Kier molecular flexibility index (Phi) is 5.86. The summed E-state index contributed by atoms with van der Waals surface area (Å²) in [4.78, 5) is 0.215. The molecule has 0 aliphatic carbocycles. The van der Waals surface area contributed by atoms with Crippen LogP contribution in [0.15, 0.2) is 29.2 Å². The molecule has 0 atom stereocenters. The molecule has 0 heterocycles. The number of nitrogens with one attached hydrogen (secondary N) is 1. The summed E-state index contributed by atoms with van der Waals surface area (Å²) in [5.41, 5.74) is 0.628. The van der Waals surface area contributed by atoms with Crippen LogP contribution in [0.4, 0.5) is 0 Å². The van der Waals surface area contributed by atoms with Crippen LogP contribution in [-0.4, -0.2) is 26.7 Å². The Balaban J connectivity index is 2.92. The van der Waals surface area contributed by atoms with Crippen LogP contribution in [0.25, 0.3) is 0 Å². The first-order chi connectivity index (χ1) is 8.60. The van der Waals surface area contributed by atoms with Crippen molar-refractivity contribution in [2.45, 2.75) is 24.7 Å². The zero-order valence-electron chi connectivity index (χ0n) is 10.3. The fourth-order valence-corrected chi connectivity index (χ4v) is 2.46. The van der Waals surface area contributed by atoms with E-state index < -0.39 is 10.0 Å². The van der Waals surface area contributed by atoms with E-state index >= 15 is 0 Å². The third-order valence-electron chi connectivity index (χ3n) is 2.16. The van der Waals surface area contributed by atoms with Gasteiger partial charge in [-0.3, -0.25) is 0 Å². The molecule has 0 amide bonds. The minimum absolute atomic E-state index is 0.00302. The molecule has 18 heavy (non-hydrogen) atoms. The molecule has 0 aliphatic heterocycles. The Morgan fingerprint density at radius 1 is 1.39 bits per heavy atom. The third kappa shape index (κ3) is 4.49. The van der Waals surface area contributed by atoms with Gasteiger partial charge in [0.25, 0.3) is 0 Å². The third-order valence-corrected chi connectivity index (χ3v) is 3.61. The van der Waals surface area contributed by atoms with Crippen LogP contribution in [0.2, 0.25) is 0 Å². The molecule has 1 aromatic carbocycles. The highest BCUT2D eigenvalue weighted by atomic mass is 32.2. The maximum Gasteiger partial charge on any atom is 0.240 e. The normalized spacial score (nSPS) is 10.8. The lowest BCUT2D eigenvalue weighted by Gasteiger charge is -2.05. The second-order valence-electron chi connectivity index (χ2n) is 3.70. The summed E-state index contributed by atoms with van der Waals surface area (Å²) in [7, 11) is -3.44. The van der Waals surface area contributed by atoms with E-state index in [9.17, 15) is 8.42 Å². The van der Waals surface area contributed by atoms with Crippen molar-refractivity contribution >= 4 is 10.0 Å². The minimum Gasteiger partial charge on any atom is -0.395 e. The molecule has 4 nitrogen and oxygen atoms in total. The number of rotatable bonds is 5. The standard InChI is InChI=1S/C13H17NO3S/c1-2-9-14-18(16,17)13-8-5-7-12(11-13)6-3-4-10-15/h5,7-8,11,14-15H,2,4,9-10H2,1H3. The highest BCUT2D eigenvalue weighted by molar-refractivity contribution is 7.89. The predicted octanol–water partition coefficient (Wildman–Crippen LogP) is 1.11. The van der Waals surface area contributed by atoms with Crippen molar-refractivity contribution < 1.29 is 13.5 Å². The van der Waals surface area contributed by atoms with Gasteiger partial charge in [0.1, 0.15) is 0 Å². The number of benzene rings is 1. The van der Waals surface area contributed by atoms with Crippen LogP contribution < -0.4 is 4.72 Å². The van der Waals surface area contributed by atoms with Crippen molar-refractivity contribution in [3.8, 4) is 11.8 Å². The Hall–Kier alpha value is -1.35. The number of sulfonamides is 1. The first-order valence-electron chi connectivity index (χ1n) is 5.79. The summed E-state index contributed by atoms with van der Waals surface area (Å²) >= 11 is 0. The average molecular weight is 267 g/mol. The SMILES string of the molecule is CCCNS(=O)(=O)c1cccc(C#CCCO)c1. The topological polar surface area (TPSA) is 66.4 Å². The highest BCUT2D eigenvalue weighted by Crippen LogP contribution is 2.10. The molecule has 0 aromatic heterocycles. The van der Waals surface area contributed by atoms with Gasteiger partial charge in [0.2, 0.25) is 10.0 Å². The Labute approximate surface area is 108 Å². The van der Waals surface area contributed by atoms with Crippen molar-refractivity contribution in [3.63, 3.8) is 0 Å². The maximum atomic E-state index is 11.9. The predicted molar refractivity (Wildman–Crippen MR) is 70.5 cm³/mol. The molecule has 0 aliphatic rings. The molecule has 98 valence electrons. The van der Waals surface area contributed by atoms with E-state index in [1.807, 2.05) is 6.92 Å². The van der Waals surface area contributed by atoms with Crippen LogP contribution in [0.3, 0.4) is 0 Å². The molecule has 5 heteroatoms. The van der Waals surface area contributed by atoms with Gasteiger partial charge in [-0.1, -0.05) is 24.8 Å². The van der Waals surface area contributed by atoms with E-state index in [2.05, 4.69) is 16.6 Å². The van der Waals surface area contributed by atoms with Crippen molar-refractivity contribution in [1.82, 2.24) is 4.72 Å². The van der Waals surface area contributed by atoms with Crippen LogP contribution in [0.1, 0.15) is 25.3 Å². The second kappa shape index (κ2) is 7.17. The summed E-state index contributed by atoms with van der Waals surface area (Å²) in [5.74, 6) is 5.57. The largest absolute Gasteiger partial charge is 0.395 e. The van der Waals surface area contributed by atoms with Crippen molar-refractivity contribution in [2.75, 3.05) is 13.2 Å². The van der Waals surface area contributed by atoms with Crippen LogP contribution in [0.5, 0.6) is 0 Å². The average Bonchev–Trinajstić information content (AvgIpc) is 2.37. The summed E-state index contributed by atoms with van der Waals surface area (Å²) in [6, 6.07) is 6.46. The molecular formula is C13H17NO3S. The lowest BCUT2D eigenvalue weighted by molar-refractivity contribution is 0.305. The van der Waals surface area contributed by atoms with Gasteiger partial charge in [-0.15, -0.1) is 0 Å². The highest BCUT2D eigenvalue weighted by Gasteiger charge is 2.12. The van der Waals surface area contributed by atoms with E-state index in [1.165, 1.54) is 12.1 Å². The van der Waals surface area contributed by atoms with Crippen molar-refractivity contribution in [1.29, 1.82) is 0 Å². The summed E-state index contributed by atoms with van der Waals surface area (Å²) in [6.07, 6.45) is 1.13. The van der Waals surface area contributed by atoms with Gasteiger partial charge < -0.3 is 5.11 Å². The molecule has 2 N–H and O–H groups in total. The summed E-state index contributed by atoms with van der Waals surface area (Å²) in [6.45, 7) is 2.32. The maximum absolute atomic E-state index is 11.9. The Morgan fingerprint density at radius 3 is 2.83 bits per heavy atom. The van der Waals surface area contributed by atoms with E-state index in [4.69, 9.17) is 5.11 Å². The zero-order chi connectivity index (χ0) is 13.4. The van der Waals surface area contributed by atoms with Gasteiger partial charge >= 0.3 is 0 Å². The van der Waals surface area contributed by atoms with Gasteiger partial charge in [0, 0.05) is 18.5 Å². The quantitative estimate of drug-likeness (QED) is 0.785.